The summed E-state index contributed by atoms with van der Waals surface area (Å²) in [5, 5.41) is 0. The number of ether oxygens (including phenoxy) is 1. The zero-order valence-electron chi connectivity index (χ0n) is 15.4. The summed E-state index contributed by atoms with van der Waals surface area (Å²) >= 11 is 7.86. The van der Waals surface area contributed by atoms with Gasteiger partial charge in [0.15, 0.2) is 0 Å². The number of carbonyl (C=O) groups is 1. The molecule has 1 aromatic carbocycles. The van der Waals surface area contributed by atoms with Crippen LogP contribution in [0.4, 0.5) is 0 Å². The summed E-state index contributed by atoms with van der Waals surface area (Å²) in [6.45, 7) is 4.80. The number of aromatic nitrogens is 1. The standard InChI is InChI=1S/C22H19ClN2O2S/c1-3-22(26)25-12-18(17-10-20(23)28-19(17)13-25)16-7-5-4-6-15(16)14-8-9-21(27-2)24-11-14/h3-11,18H,1,12-13H2,2H3/t18-/m0/s1. The van der Waals surface area contributed by atoms with E-state index in [-0.39, 0.29) is 11.8 Å². The SMILES string of the molecule is C=CC(=O)N1Cc2sc(Cl)cc2[C@H](c2ccccc2-c2ccc(OC)nc2)C1. The Balaban J connectivity index is 1.81. The number of halogens is 1. The van der Waals surface area contributed by atoms with Gasteiger partial charge in [-0.05, 0) is 34.9 Å². The molecule has 0 aliphatic carbocycles. The van der Waals surface area contributed by atoms with Crippen LogP contribution < -0.4 is 4.74 Å². The molecule has 1 amide bonds. The average molecular weight is 411 g/mol. The van der Waals surface area contributed by atoms with Gasteiger partial charge in [0.2, 0.25) is 11.8 Å². The molecule has 0 saturated heterocycles. The second-order valence-corrected chi connectivity index (χ2v) is 8.35. The predicted molar refractivity (Wildman–Crippen MR) is 113 cm³/mol. The van der Waals surface area contributed by atoms with Crippen molar-refractivity contribution in [3.05, 3.63) is 81.7 Å². The smallest absolute Gasteiger partial charge is 0.246 e. The van der Waals surface area contributed by atoms with E-state index in [1.54, 1.807) is 7.11 Å². The molecule has 4 rings (SSSR count). The zero-order chi connectivity index (χ0) is 19.7. The van der Waals surface area contributed by atoms with Crippen LogP contribution in [-0.2, 0) is 11.3 Å². The number of rotatable bonds is 4. The maximum absolute atomic E-state index is 12.3. The highest BCUT2D eigenvalue weighted by Crippen LogP contribution is 2.42. The summed E-state index contributed by atoms with van der Waals surface area (Å²) in [5.41, 5.74) is 4.43. The van der Waals surface area contributed by atoms with Gasteiger partial charge in [-0.3, -0.25) is 4.79 Å². The number of methoxy groups -OCH3 is 1. The minimum Gasteiger partial charge on any atom is -0.481 e. The van der Waals surface area contributed by atoms with E-state index in [0.29, 0.717) is 19.0 Å². The molecule has 2 aromatic heterocycles. The molecule has 1 aliphatic rings. The highest BCUT2D eigenvalue weighted by molar-refractivity contribution is 7.16. The van der Waals surface area contributed by atoms with Crippen molar-refractivity contribution in [3.63, 3.8) is 0 Å². The summed E-state index contributed by atoms with van der Waals surface area (Å²) < 4.78 is 5.92. The molecule has 0 fully saturated rings. The Hall–Kier alpha value is -2.63. The van der Waals surface area contributed by atoms with E-state index in [1.165, 1.54) is 23.0 Å². The van der Waals surface area contributed by atoms with E-state index in [2.05, 4.69) is 23.7 Å². The lowest BCUT2D eigenvalue weighted by atomic mass is 9.84. The van der Waals surface area contributed by atoms with Gasteiger partial charge in [-0.25, -0.2) is 4.98 Å². The van der Waals surface area contributed by atoms with Gasteiger partial charge >= 0.3 is 0 Å². The van der Waals surface area contributed by atoms with E-state index in [4.69, 9.17) is 16.3 Å². The monoisotopic (exact) mass is 410 g/mol. The van der Waals surface area contributed by atoms with Crippen LogP contribution in [0.1, 0.15) is 21.9 Å². The molecule has 28 heavy (non-hydrogen) atoms. The summed E-state index contributed by atoms with van der Waals surface area (Å²) in [5.74, 6) is 0.548. The first kappa shape index (κ1) is 18.7. The summed E-state index contributed by atoms with van der Waals surface area (Å²) in [7, 11) is 1.60. The van der Waals surface area contributed by atoms with Crippen LogP contribution in [0, 0.1) is 0 Å². The van der Waals surface area contributed by atoms with Crippen molar-refractivity contribution in [2.24, 2.45) is 0 Å². The first-order chi connectivity index (χ1) is 13.6. The molecule has 0 bridgehead atoms. The Bertz CT molecular complexity index is 1030. The van der Waals surface area contributed by atoms with Crippen LogP contribution in [0.2, 0.25) is 4.34 Å². The van der Waals surface area contributed by atoms with Crippen molar-refractivity contribution in [1.82, 2.24) is 9.88 Å². The van der Waals surface area contributed by atoms with Gasteiger partial charge in [-0.1, -0.05) is 42.4 Å². The lowest BCUT2D eigenvalue weighted by Gasteiger charge is -2.33. The van der Waals surface area contributed by atoms with Crippen molar-refractivity contribution >= 4 is 28.8 Å². The first-order valence-corrected chi connectivity index (χ1v) is 10.1. The molecule has 6 heteroatoms. The van der Waals surface area contributed by atoms with Crippen molar-refractivity contribution in [1.29, 1.82) is 0 Å². The van der Waals surface area contributed by atoms with Gasteiger partial charge in [0.1, 0.15) is 0 Å². The largest absolute Gasteiger partial charge is 0.481 e. The third-order valence-corrected chi connectivity index (χ3v) is 6.27. The molecule has 142 valence electrons. The Labute approximate surface area is 173 Å². The van der Waals surface area contributed by atoms with Gasteiger partial charge in [0, 0.05) is 35.2 Å². The molecule has 0 spiro atoms. The molecule has 0 radical (unpaired) electrons. The van der Waals surface area contributed by atoms with E-state index in [1.807, 2.05) is 41.4 Å². The van der Waals surface area contributed by atoms with Crippen LogP contribution in [0.5, 0.6) is 5.88 Å². The number of hydrogen-bond acceptors (Lipinski definition) is 4. The minimum absolute atomic E-state index is 0.0368. The maximum atomic E-state index is 12.3. The second-order valence-electron chi connectivity index (χ2n) is 6.58. The fraction of sp³-hybridized carbons (Fsp3) is 0.182. The molecule has 0 saturated carbocycles. The van der Waals surface area contributed by atoms with E-state index in [9.17, 15) is 4.79 Å². The quantitative estimate of drug-likeness (QED) is 0.560. The van der Waals surface area contributed by atoms with Crippen LogP contribution in [0.3, 0.4) is 0 Å². The highest BCUT2D eigenvalue weighted by atomic mass is 35.5. The lowest BCUT2D eigenvalue weighted by Crippen LogP contribution is -2.37. The maximum Gasteiger partial charge on any atom is 0.246 e. The third-order valence-electron chi connectivity index (χ3n) is 5.00. The average Bonchev–Trinajstić information content (AvgIpc) is 3.12. The van der Waals surface area contributed by atoms with Crippen molar-refractivity contribution in [3.8, 4) is 17.0 Å². The lowest BCUT2D eigenvalue weighted by molar-refractivity contribution is -0.127. The summed E-state index contributed by atoms with van der Waals surface area (Å²) in [6.07, 6.45) is 3.19. The van der Waals surface area contributed by atoms with E-state index in [0.717, 1.165) is 25.9 Å². The molecular weight excluding hydrogens is 392 g/mol. The predicted octanol–water partition coefficient (Wildman–Crippen LogP) is 5.13. The van der Waals surface area contributed by atoms with Gasteiger partial charge in [-0.15, -0.1) is 11.3 Å². The number of hydrogen-bond donors (Lipinski definition) is 0. The Morgan fingerprint density at radius 3 is 2.86 bits per heavy atom. The first-order valence-electron chi connectivity index (χ1n) is 8.89. The topological polar surface area (TPSA) is 42.4 Å². The molecule has 1 aliphatic heterocycles. The summed E-state index contributed by atoms with van der Waals surface area (Å²) in [6, 6.07) is 14.1. The molecule has 3 aromatic rings. The number of nitrogens with zero attached hydrogens (tertiary/aromatic N) is 2. The highest BCUT2D eigenvalue weighted by Gasteiger charge is 2.31. The Morgan fingerprint density at radius 2 is 2.14 bits per heavy atom. The van der Waals surface area contributed by atoms with Gasteiger partial charge in [-0.2, -0.15) is 0 Å². The van der Waals surface area contributed by atoms with Crippen LogP contribution in [0.15, 0.2) is 61.3 Å². The van der Waals surface area contributed by atoms with E-state index >= 15 is 0 Å². The molecule has 0 unspecified atom stereocenters. The van der Waals surface area contributed by atoms with E-state index < -0.39 is 0 Å². The van der Waals surface area contributed by atoms with Gasteiger partial charge in [0.25, 0.3) is 0 Å². The Morgan fingerprint density at radius 1 is 1.32 bits per heavy atom. The Kier molecular flexibility index (Phi) is 5.20. The summed E-state index contributed by atoms with van der Waals surface area (Å²) in [4.78, 5) is 19.6. The van der Waals surface area contributed by atoms with Gasteiger partial charge in [0.05, 0.1) is 18.0 Å². The minimum atomic E-state index is -0.0660. The fourth-order valence-corrected chi connectivity index (χ4v) is 5.03. The number of thiophene rings is 1. The molecule has 3 heterocycles. The second kappa shape index (κ2) is 7.78. The van der Waals surface area contributed by atoms with Crippen LogP contribution in [0.25, 0.3) is 11.1 Å². The van der Waals surface area contributed by atoms with Crippen LogP contribution >= 0.6 is 22.9 Å². The number of carbonyl (C=O) groups excluding carboxylic acids is 1. The molecule has 0 N–H and O–H groups in total. The van der Waals surface area contributed by atoms with Crippen molar-refractivity contribution in [2.75, 3.05) is 13.7 Å². The third kappa shape index (κ3) is 3.43. The fourth-order valence-electron chi connectivity index (χ4n) is 3.67. The van der Waals surface area contributed by atoms with Crippen LogP contribution in [-0.4, -0.2) is 29.4 Å². The number of amides is 1. The van der Waals surface area contributed by atoms with Gasteiger partial charge < -0.3 is 9.64 Å². The van der Waals surface area contributed by atoms with Crippen molar-refractivity contribution < 1.29 is 9.53 Å². The number of benzene rings is 1. The normalized spacial score (nSPS) is 15.8. The molecular formula is C22H19ClN2O2S. The zero-order valence-corrected chi connectivity index (χ0v) is 17.0. The van der Waals surface area contributed by atoms with Crippen molar-refractivity contribution in [2.45, 2.75) is 12.5 Å². The number of pyridine rings is 1. The molecule has 1 atom stereocenters. The number of fused-ring (bicyclic) bond motifs is 1. The molecule has 4 nitrogen and oxygen atoms in total.